The van der Waals surface area contributed by atoms with E-state index < -0.39 is 0 Å². The summed E-state index contributed by atoms with van der Waals surface area (Å²) in [5.41, 5.74) is 10.2. The third-order valence-electron chi connectivity index (χ3n) is 5.25. The topological polar surface area (TPSA) is 123 Å². The lowest BCUT2D eigenvalue weighted by molar-refractivity contribution is 0.0301. The second kappa shape index (κ2) is 8.85. The molecule has 1 saturated heterocycles. The molecule has 3 aromatic heterocycles. The molecule has 4 heterocycles. The van der Waals surface area contributed by atoms with Gasteiger partial charge in [-0.2, -0.15) is 4.98 Å². The first kappa shape index (κ1) is 20.3. The van der Waals surface area contributed by atoms with Crippen molar-refractivity contribution in [3.63, 3.8) is 0 Å². The summed E-state index contributed by atoms with van der Waals surface area (Å²) in [4.78, 5) is 13.5. The van der Waals surface area contributed by atoms with Crippen molar-refractivity contribution in [3.8, 4) is 17.0 Å². The number of anilines is 1. The smallest absolute Gasteiger partial charge is 0.222 e. The summed E-state index contributed by atoms with van der Waals surface area (Å²) in [6, 6.07) is 13.4. The van der Waals surface area contributed by atoms with Crippen molar-refractivity contribution in [2.45, 2.75) is 25.7 Å². The SMILES string of the molecule is COc1cccc(-c2nc(N)nc3c2nnn3Cc2cccc(CO[C@H]3CCOC3)n2)c1. The summed E-state index contributed by atoms with van der Waals surface area (Å²) in [7, 11) is 1.62. The molecule has 5 rings (SSSR count). The number of nitrogens with two attached hydrogens (primary N) is 1. The fourth-order valence-electron chi connectivity index (χ4n) is 3.65. The van der Waals surface area contributed by atoms with Crippen LogP contribution in [0.1, 0.15) is 17.8 Å². The maximum atomic E-state index is 6.01. The van der Waals surface area contributed by atoms with Crippen molar-refractivity contribution >= 4 is 17.1 Å². The van der Waals surface area contributed by atoms with Gasteiger partial charge >= 0.3 is 0 Å². The number of rotatable bonds is 7. The largest absolute Gasteiger partial charge is 0.497 e. The van der Waals surface area contributed by atoms with Gasteiger partial charge in [-0.15, -0.1) is 5.10 Å². The zero-order valence-corrected chi connectivity index (χ0v) is 17.6. The zero-order valence-electron chi connectivity index (χ0n) is 17.6. The Bertz CT molecular complexity index is 1240. The molecule has 0 saturated carbocycles. The standard InChI is InChI=1S/C22H23N7O3/c1-30-17-7-2-4-14(10-17)19-20-21(26-22(23)25-19)29(28-27-20)11-15-5-3-6-16(24-15)12-32-18-8-9-31-13-18/h2-7,10,18H,8-9,11-13H2,1H3,(H2,23,25,26)/t18-/m0/s1. The third kappa shape index (κ3) is 4.23. The Labute approximate surface area is 184 Å². The van der Waals surface area contributed by atoms with E-state index in [2.05, 4.69) is 20.3 Å². The summed E-state index contributed by atoms with van der Waals surface area (Å²) in [6.45, 7) is 2.22. The van der Waals surface area contributed by atoms with E-state index in [-0.39, 0.29) is 12.1 Å². The van der Waals surface area contributed by atoms with E-state index in [1.54, 1.807) is 11.8 Å². The lowest BCUT2D eigenvalue weighted by atomic mass is 10.1. The molecule has 1 aromatic carbocycles. The van der Waals surface area contributed by atoms with Crippen molar-refractivity contribution in [3.05, 3.63) is 53.9 Å². The Balaban J connectivity index is 1.42. The van der Waals surface area contributed by atoms with Crippen LogP contribution in [0.3, 0.4) is 0 Å². The van der Waals surface area contributed by atoms with Crippen LogP contribution in [0, 0.1) is 0 Å². The second-order valence-electron chi connectivity index (χ2n) is 7.50. The zero-order chi connectivity index (χ0) is 21.9. The Hall–Kier alpha value is -3.63. The molecule has 164 valence electrons. The molecule has 0 bridgehead atoms. The Morgan fingerprint density at radius 3 is 2.84 bits per heavy atom. The molecule has 1 aliphatic rings. The fourth-order valence-corrected chi connectivity index (χ4v) is 3.65. The molecule has 1 fully saturated rings. The number of nitrogen functional groups attached to an aromatic ring is 1. The average molecular weight is 433 g/mol. The number of fused-ring (bicyclic) bond motifs is 1. The van der Waals surface area contributed by atoms with Crippen LogP contribution in [-0.4, -0.2) is 56.4 Å². The number of hydrogen-bond donors (Lipinski definition) is 1. The van der Waals surface area contributed by atoms with Crippen LogP contribution in [0.2, 0.25) is 0 Å². The average Bonchev–Trinajstić information content (AvgIpc) is 3.48. The Kier molecular flexibility index (Phi) is 5.61. The van der Waals surface area contributed by atoms with Gasteiger partial charge in [-0.3, -0.25) is 4.98 Å². The van der Waals surface area contributed by atoms with Crippen molar-refractivity contribution in [1.82, 2.24) is 29.9 Å². The van der Waals surface area contributed by atoms with Crippen molar-refractivity contribution in [2.75, 3.05) is 26.1 Å². The Morgan fingerprint density at radius 1 is 1.12 bits per heavy atom. The van der Waals surface area contributed by atoms with E-state index in [1.807, 2.05) is 42.5 Å². The highest BCUT2D eigenvalue weighted by atomic mass is 16.5. The molecular weight excluding hydrogens is 410 g/mol. The maximum Gasteiger partial charge on any atom is 0.222 e. The van der Waals surface area contributed by atoms with Gasteiger partial charge < -0.3 is 19.9 Å². The summed E-state index contributed by atoms with van der Waals surface area (Å²) in [5, 5.41) is 8.61. The lowest BCUT2D eigenvalue weighted by Crippen LogP contribution is -2.13. The lowest BCUT2D eigenvalue weighted by Gasteiger charge is -2.10. The van der Waals surface area contributed by atoms with Crippen LogP contribution < -0.4 is 10.5 Å². The molecule has 1 aliphatic heterocycles. The number of ether oxygens (including phenoxy) is 3. The number of nitrogens with zero attached hydrogens (tertiary/aromatic N) is 6. The maximum absolute atomic E-state index is 6.01. The van der Waals surface area contributed by atoms with Crippen LogP contribution in [0.25, 0.3) is 22.4 Å². The number of aromatic nitrogens is 6. The highest BCUT2D eigenvalue weighted by Crippen LogP contribution is 2.28. The van der Waals surface area contributed by atoms with Crippen molar-refractivity contribution in [1.29, 1.82) is 0 Å². The molecule has 0 spiro atoms. The van der Waals surface area contributed by atoms with E-state index in [4.69, 9.17) is 24.9 Å². The first-order valence-electron chi connectivity index (χ1n) is 10.3. The minimum absolute atomic E-state index is 0.134. The first-order chi connectivity index (χ1) is 15.7. The van der Waals surface area contributed by atoms with Crippen LogP contribution in [0.4, 0.5) is 5.95 Å². The van der Waals surface area contributed by atoms with E-state index >= 15 is 0 Å². The molecule has 0 aliphatic carbocycles. The highest BCUT2D eigenvalue weighted by Gasteiger charge is 2.18. The van der Waals surface area contributed by atoms with Gasteiger partial charge in [0, 0.05) is 12.2 Å². The van der Waals surface area contributed by atoms with Gasteiger partial charge in [-0.05, 0) is 30.7 Å². The van der Waals surface area contributed by atoms with Gasteiger partial charge in [0.15, 0.2) is 11.2 Å². The molecular formula is C22H23N7O3. The number of methoxy groups -OCH3 is 1. The summed E-state index contributed by atoms with van der Waals surface area (Å²) in [6.07, 6.45) is 1.05. The quantitative estimate of drug-likeness (QED) is 0.467. The summed E-state index contributed by atoms with van der Waals surface area (Å²) in [5.74, 6) is 0.861. The highest BCUT2D eigenvalue weighted by molar-refractivity contribution is 5.88. The van der Waals surface area contributed by atoms with Crippen LogP contribution in [0.5, 0.6) is 5.75 Å². The number of hydrogen-bond acceptors (Lipinski definition) is 9. The monoisotopic (exact) mass is 433 g/mol. The second-order valence-corrected chi connectivity index (χ2v) is 7.50. The van der Waals surface area contributed by atoms with Crippen molar-refractivity contribution in [2.24, 2.45) is 0 Å². The molecule has 0 radical (unpaired) electrons. The predicted molar refractivity (Wildman–Crippen MR) is 117 cm³/mol. The van der Waals surface area contributed by atoms with E-state index in [9.17, 15) is 0 Å². The van der Waals surface area contributed by atoms with Crippen molar-refractivity contribution < 1.29 is 14.2 Å². The molecule has 1 atom stereocenters. The van der Waals surface area contributed by atoms with E-state index in [0.717, 1.165) is 30.0 Å². The van der Waals surface area contributed by atoms with Gasteiger partial charge in [-0.1, -0.05) is 23.4 Å². The minimum Gasteiger partial charge on any atom is -0.497 e. The van der Waals surface area contributed by atoms with Crippen LogP contribution >= 0.6 is 0 Å². The number of benzene rings is 1. The first-order valence-corrected chi connectivity index (χ1v) is 10.3. The van der Waals surface area contributed by atoms with Gasteiger partial charge in [0.1, 0.15) is 11.4 Å². The third-order valence-corrected chi connectivity index (χ3v) is 5.25. The van der Waals surface area contributed by atoms with Gasteiger partial charge in [0.05, 0.1) is 44.4 Å². The van der Waals surface area contributed by atoms with E-state index in [0.29, 0.717) is 42.4 Å². The van der Waals surface area contributed by atoms with Gasteiger partial charge in [0.2, 0.25) is 5.95 Å². The minimum atomic E-state index is 0.134. The fraction of sp³-hybridized carbons (Fsp3) is 0.318. The van der Waals surface area contributed by atoms with Crippen LogP contribution in [-0.2, 0) is 22.6 Å². The Morgan fingerprint density at radius 2 is 2.00 bits per heavy atom. The van der Waals surface area contributed by atoms with Crippen LogP contribution in [0.15, 0.2) is 42.5 Å². The molecule has 0 unspecified atom stereocenters. The number of pyridine rings is 1. The predicted octanol–water partition coefficient (Wildman–Crippen LogP) is 2.23. The summed E-state index contributed by atoms with van der Waals surface area (Å²) < 4.78 is 18.2. The molecule has 32 heavy (non-hydrogen) atoms. The molecule has 10 heteroatoms. The van der Waals surface area contributed by atoms with Gasteiger partial charge in [-0.25, -0.2) is 9.67 Å². The molecule has 2 N–H and O–H groups in total. The van der Waals surface area contributed by atoms with E-state index in [1.165, 1.54) is 0 Å². The normalized spacial score (nSPS) is 16.0. The molecule has 0 amide bonds. The molecule has 10 nitrogen and oxygen atoms in total. The van der Waals surface area contributed by atoms with Gasteiger partial charge in [0.25, 0.3) is 0 Å². The summed E-state index contributed by atoms with van der Waals surface area (Å²) >= 11 is 0. The molecule has 4 aromatic rings.